The fourth-order valence-corrected chi connectivity index (χ4v) is 1.96. The van der Waals surface area contributed by atoms with Gasteiger partial charge >= 0.3 is 6.18 Å². The van der Waals surface area contributed by atoms with Gasteiger partial charge in [-0.1, -0.05) is 29.8 Å². The zero-order valence-electron chi connectivity index (χ0n) is 11.4. The van der Waals surface area contributed by atoms with Gasteiger partial charge in [0.15, 0.2) is 0 Å². The summed E-state index contributed by atoms with van der Waals surface area (Å²) in [4.78, 5) is 4.01. The van der Waals surface area contributed by atoms with Crippen molar-refractivity contribution in [2.24, 2.45) is 0 Å². The molecule has 20 heavy (non-hydrogen) atoms. The van der Waals surface area contributed by atoms with Crippen molar-refractivity contribution in [1.29, 1.82) is 0 Å². The third-order valence-corrected chi connectivity index (χ3v) is 3.00. The van der Waals surface area contributed by atoms with Crippen molar-refractivity contribution < 1.29 is 17.9 Å². The Kier molecular flexibility index (Phi) is 3.70. The highest BCUT2D eigenvalue weighted by Gasteiger charge is 2.36. The molecule has 106 valence electrons. The summed E-state index contributed by atoms with van der Waals surface area (Å²) in [6.45, 7) is 3.55. The molecule has 0 saturated heterocycles. The SMILES string of the molecule is COc1nc(-c2ccc(C)cc2)c(C)cc1C(F)(F)F. The first-order chi connectivity index (χ1) is 9.32. The standard InChI is InChI=1S/C15H14F3NO/c1-9-4-6-11(7-5-9)13-10(2)8-12(15(16,17)18)14(19-13)20-3/h4-8H,1-3H3. The number of ether oxygens (including phenoxy) is 1. The Morgan fingerprint density at radius 3 is 2.15 bits per heavy atom. The normalized spacial score (nSPS) is 11.5. The number of alkyl halides is 3. The number of hydrogen-bond donors (Lipinski definition) is 0. The minimum atomic E-state index is -4.48. The van der Waals surface area contributed by atoms with E-state index in [4.69, 9.17) is 4.74 Å². The first-order valence-corrected chi connectivity index (χ1v) is 6.03. The molecule has 0 aliphatic rings. The van der Waals surface area contributed by atoms with Gasteiger partial charge in [-0.2, -0.15) is 13.2 Å². The van der Waals surface area contributed by atoms with Gasteiger partial charge in [-0.25, -0.2) is 4.98 Å². The Morgan fingerprint density at radius 1 is 1.05 bits per heavy atom. The summed E-state index contributed by atoms with van der Waals surface area (Å²) in [6.07, 6.45) is -4.48. The molecule has 0 N–H and O–H groups in total. The van der Waals surface area contributed by atoms with Crippen molar-refractivity contribution in [1.82, 2.24) is 4.98 Å². The average molecular weight is 281 g/mol. The molecule has 0 fully saturated rings. The van der Waals surface area contributed by atoms with Crippen molar-refractivity contribution in [2.45, 2.75) is 20.0 Å². The molecule has 0 unspecified atom stereocenters. The van der Waals surface area contributed by atoms with Gasteiger partial charge in [0.1, 0.15) is 5.56 Å². The van der Waals surface area contributed by atoms with Crippen molar-refractivity contribution in [3.63, 3.8) is 0 Å². The van der Waals surface area contributed by atoms with Crippen LogP contribution in [0.2, 0.25) is 0 Å². The first kappa shape index (κ1) is 14.4. The molecule has 2 rings (SSSR count). The lowest BCUT2D eigenvalue weighted by molar-refractivity contribution is -0.139. The van der Waals surface area contributed by atoms with Crippen LogP contribution >= 0.6 is 0 Å². The molecule has 0 bridgehead atoms. The summed E-state index contributed by atoms with van der Waals surface area (Å²) >= 11 is 0. The van der Waals surface area contributed by atoms with Crippen LogP contribution in [0, 0.1) is 13.8 Å². The molecule has 2 nitrogen and oxygen atoms in total. The van der Waals surface area contributed by atoms with Crippen LogP contribution in [0.15, 0.2) is 30.3 Å². The zero-order chi connectivity index (χ0) is 14.9. The van der Waals surface area contributed by atoms with Crippen LogP contribution in [-0.2, 0) is 6.18 Å². The van der Waals surface area contributed by atoms with E-state index >= 15 is 0 Å². The van der Waals surface area contributed by atoms with Crippen molar-refractivity contribution in [3.8, 4) is 17.1 Å². The minimum absolute atomic E-state index is 0.404. The molecular formula is C15H14F3NO. The van der Waals surface area contributed by atoms with E-state index in [2.05, 4.69) is 4.98 Å². The molecule has 0 spiro atoms. The predicted molar refractivity (Wildman–Crippen MR) is 70.7 cm³/mol. The van der Waals surface area contributed by atoms with Crippen molar-refractivity contribution >= 4 is 0 Å². The van der Waals surface area contributed by atoms with E-state index in [0.717, 1.165) is 17.2 Å². The Bertz CT molecular complexity index is 618. The number of aromatic nitrogens is 1. The van der Waals surface area contributed by atoms with Crippen molar-refractivity contribution in [2.75, 3.05) is 7.11 Å². The van der Waals surface area contributed by atoms with Crippen molar-refractivity contribution in [3.05, 3.63) is 47.0 Å². The summed E-state index contributed by atoms with van der Waals surface area (Å²) < 4.78 is 43.4. The molecule has 0 aliphatic carbocycles. The second kappa shape index (κ2) is 5.15. The fourth-order valence-electron chi connectivity index (χ4n) is 1.96. The molecule has 1 aromatic heterocycles. The highest BCUT2D eigenvalue weighted by Crippen LogP contribution is 2.37. The lowest BCUT2D eigenvalue weighted by Crippen LogP contribution is -2.10. The van der Waals surface area contributed by atoms with Gasteiger partial charge in [-0.15, -0.1) is 0 Å². The number of nitrogens with zero attached hydrogens (tertiary/aromatic N) is 1. The largest absolute Gasteiger partial charge is 0.481 e. The van der Waals surface area contributed by atoms with Gasteiger partial charge in [0.2, 0.25) is 5.88 Å². The van der Waals surface area contributed by atoms with Crippen LogP contribution in [0.1, 0.15) is 16.7 Å². The van der Waals surface area contributed by atoms with Gasteiger partial charge in [-0.3, -0.25) is 0 Å². The monoisotopic (exact) mass is 281 g/mol. The van der Waals surface area contributed by atoms with E-state index < -0.39 is 17.6 Å². The Labute approximate surface area is 115 Å². The quantitative estimate of drug-likeness (QED) is 0.814. The maximum Gasteiger partial charge on any atom is 0.421 e. The first-order valence-electron chi connectivity index (χ1n) is 6.03. The maximum atomic E-state index is 12.9. The smallest absolute Gasteiger partial charge is 0.421 e. The number of hydrogen-bond acceptors (Lipinski definition) is 2. The molecule has 0 atom stereocenters. The summed E-state index contributed by atoms with van der Waals surface area (Å²) in [6, 6.07) is 8.51. The van der Waals surface area contributed by atoms with E-state index in [-0.39, 0.29) is 0 Å². The molecule has 5 heteroatoms. The Morgan fingerprint density at radius 2 is 1.65 bits per heavy atom. The van der Waals surface area contributed by atoms with Crippen LogP contribution in [0.25, 0.3) is 11.3 Å². The van der Waals surface area contributed by atoms with Crippen LogP contribution < -0.4 is 4.74 Å². The summed E-state index contributed by atoms with van der Waals surface area (Å²) in [5.74, 6) is -0.404. The molecule has 1 heterocycles. The molecule has 0 radical (unpaired) electrons. The van der Waals surface area contributed by atoms with E-state index in [1.165, 1.54) is 7.11 Å². The molecule has 0 saturated carbocycles. The highest BCUT2D eigenvalue weighted by molar-refractivity contribution is 5.64. The molecule has 1 aromatic carbocycles. The number of rotatable bonds is 2. The summed E-state index contributed by atoms with van der Waals surface area (Å²) in [5.41, 5.74) is 1.94. The van der Waals surface area contributed by atoms with Gasteiger partial charge in [0.05, 0.1) is 12.8 Å². The van der Waals surface area contributed by atoms with E-state index in [0.29, 0.717) is 11.3 Å². The third-order valence-electron chi connectivity index (χ3n) is 3.00. The molecular weight excluding hydrogens is 267 g/mol. The van der Waals surface area contributed by atoms with E-state index in [1.807, 2.05) is 31.2 Å². The van der Waals surface area contributed by atoms with Gasteiger partial charge in [0.25, 0.3) is 0 Å². The number of benzene rings is 1. The lowest BCUT2D eigenvalue weighted by atomic mass is 10.0. The average Bonchev–Trinajstić information content (AvgIpc) is 2.38. The highest BCUT2D eigenvalue weighted by atomic mass is 19.4. The molecule has 0 amide bonds. The van der Waals surface area contributed by atoms with Crippen LogP contribution in [0.5, 0.6) is 5.88 Å². The zero-order valence-corrected chi connectivity index (χ0v) is 11.4. The summed E-state index contributed by atoms with van der Waals surface area (Å²) in [5, 5.41) is 0. The third kappa shape index (κ3) is 2.76. The lowest BCUT2D eigenvalue weighted by Gasteiger charge is -2.14. The summed E-state index contributed by atoms with van der Waals surface area (Å²) in [7, 11) is 1.19. The maximum absolute atomic E-state index is 12.9. The fraction of sp³-hybridized carbons (Fsp3) is 0.267. The topological polar surface area (TPSA) is 22.1 Å². The molecule has 0 aliphatic heterocycles. The predicted octanol–water partition coefficient (Wildman–Crippen LogP) is 4.39. The number of aryl methyl sites for hydroxylation is 2. The Hall–Kier alpha value is -2.04. The van der Waals surface area contributed by atoms with E-state index in [1.54, 1.807) is 6.92 Å². The minimum Gasteiger partial charge on any atom is -0.481 e. The second-order valence-corrected chi connectivity index (χ2v) is 4.57. The molecule has 2 aromatic rings. The van der Waals surface area contributed by atoms with Crippen LogP contribution in [0.4, 0.5) is 13.2 Å². The Balaban J connectivity index is 2.59. The number of methoxy groups -OCH3 is 1. The number of halogens is 3. The van der Waals surface area contributed by atoms with Crippen LogP contribution in [-0.4, -0.2) is 12.1 Å². The van der Waals surface area contributed by atoms with Gasteiger partial charge in [-0.05, 0) is 25.5 Å². The van der Waals surface area contributed by atoms with Gasteiger partial charge < -0.3 is 4.74 Å². The van der Waals surface area contributed by atoms with E-state index in [9.17, 15) is 13.2 Å². The van der Waals surface area contributed by atoms with Gasteiger partial charge in [0, 0.05) is 5.56 Å². The second-order valence-electron chi connectivity index (χ2n) is 4.57. The van der Waals surface area contributed by atoms with Crippen LogP contribution in [0.3, 0.4) is 0 Å². The number of pyridine rings is 1.